The van der Waals surface area contributed by atoms with E-state index in [4.69, 9.17) is 10.2 Å². The number of aliphatic hydroxyl groups excluding tert-OH is 2. The number of benzene rings is 1. The number of hydrogen-bond donors (Lipinski definition) is 4. The number of nitrogens with one attached hydrogen (secondary N) is 2. The molecule has 0 saturated carbocycles. The summed E-state index contributed by atoms with van der Waals surface area (Å²) in [5, 5.41) is 22.1. The molecule has 1 aromatic heterocycles. The van der Waals surface area contributed by atoms with Crippen molar-refractivity contribution in [3.8, 4) is 0 Å². The summed E-state index contributed by atoms with van der Waals surface area (Å²) >= 11 is 0. The van der Waals surface area contributed by atoms with Crippen LogP contribution in [0.25, 0.3) is 10.9 Å². The van der Waals surface area contributed by atoms with E-state index in [0.717, 1.165) is 11.1 Å². The predicted molar refractivity (Wildman–Crippen MR) is 63.1 cm³/mol. The fourth-order valence-corrected chi connectivity index (χ4v) is 1.72. The molecule has 0 atom stereocenters. The largest absolute Gasteiger partial charge is 0.395 e. The van der Waals surface area contributed by atoms with Crippen LogP contribution in [0.5, 0.6) is 0 Å². The Kier molecular flexibility index (Phi) is 3.56. The minimum absolute atomic E-state index is 0.0567. The lowest BCUT2D eigenvalue weighted by Crippen LogP contribution is -2.35. The van der Waals surface area contributed by atoms with Gasteiger partial charge in [-0.3, -0.25) is 0 Å². The van der Waals surface area contributed by atoms with Gasteiger partial charge >= 0.3 is 0 Å². The zero-order valence-corrected chi connectivity index (χ0v) is 8.98. The van der Waals surface area contributed by atoms with Crippen molar-refractivity contribution in [2.75, 3.05) is 13.2 Å². The topological polar surface area (TPSA) is 68.3 Å². The molecule has 16 heavy (non-hydrogen) atoms. The van der Waals surface area contributed by atoms with Gasteiger partial charge in [0.05, 0.1) is 19.3 Å². The van der Waals surface area contributed by atoms with Crippen molar-refractivity contribution >= 4 is 10.9 Å². The van der Waals surface area contributed by atoms with Gasteiger partial charge in [-0.1, -0.05) is 18.2 Å². The normalized spacial score (nSPS) is 11.4. The number of H-pyrrole nitrogens is 1. The molecule has 0 saturated heterocycles. The Hall–Kier alpha value is -1.36. The van der Waals surface area contributed by atoms with Crippen molar-refractivity contribution in [3.63, 3.8) is 0 Å². The van der Waals surface area contributed by atoms with Gasteiger partial charge in [-0.05, 0) is 11.6 Å². The highest BCUT2D eigenvalue weighted by molar-refractivity contribution is 5.82. The molecule has 2 rings (SSSR count). The van der Waals surface area contributed by atoms with E-state index in [2.05, 4.69) is 16.4 Å². The van der Waals surface area contributed by atoms with E-state index in [-0.39, 0.29) is 19.3 Å². The lowest BCUT2D eigenvalue weighted by molar-refractivity contribution is 0.170. The third kappa shape index (κ3) is 2.24. The van der Waals surface area contributed by atoms with Crippen LogP contribution in [0.3, 0.4) is 0 Å². The fraction of sp³-hybridized carbons (Fsp3) is 0.333. The SMILES string of the molecule is OCC(CO)NCc1c[nH]c2ccccc12. The predicted octanol–water partition coefficient (Wildman–Crippen LogP) is 0.611. The van der Waals surface area contributed by atoms with Gasteiger partial charge in [-0.25, -0.2) is 0 Å². The van der Waals surface area contributed by atoms with Crippen LogP contribution in [0.1, 0.15) is 5.56 Å². The zero-order chi connectivity index (χ0) is 11.4. The van der Waals surface area contributed by atoms with Gasteiger partial charge in [-0.2, -0.15) is 0 Å². The molecule has 0 amide bonds. The highest BCUT2D eigenvalue weighted by atomic mass is 16.3. The van der Waals surface area contributed by atoms with Gasteiger partial charge in [0, 0.05) is 23.6 Å². The molecule has 0 aliphatic carbocycles. The second-order valence-electron chi connectivity index (χ2n) is 3.80. The first-order valence-corrected chi connectivity index (χ1v) is 5.35. The number of rotatable bonds is 5. The smallest absolute Gasteiger partial charge is 0.0607 e. The molecule has 4 N–H and O–H groups in total. The van der Waals surface area contributed by atoms with Gasteiger partial charge in [-0.15, -0.1) is 0 Å². The average Bonchev–Trinajstić information content (AvgIpc) is 2.74. The molecular weight excluding hydrogens is 204 g/mol. The lowest BCUT2D eigenvalue weighted by atomic mass is 10.1. The Morgan fingerprint density at radius 1 is 1.19 bits per heavy atom. The van der Waals surface area contributed by atoms with Crippen molar-refractivity contribution in [1.82, 2.24) is 10.3 Å². The van der Waals surface area contributed by atoms with Gasteiger partial charge in [0.25, 0.3) is 0 Å². The Labute approximate surface area is 93.9 Å². The van der Waals surface area contributed by atoms with Gasteiger partial charge in [0.1, 0.15) is 0 Å². The molecular formula is C12H16N2O2. The molecule has 0 unspecified atom stereocenters. The van der Waals surface area contributed by atoms with E-state index in [9.17, 15) is 0 Å². The molecule has 4 nitrogen and oxygen atoms in total. The number of aliphatic hydroxyl groups is 2. The van der Waals surface area contributed by atoms with Crippen molar-refractivity contribution in [2.24, 2.45) is 0 Å². The van der Waals surface area contributed by atoms with Crippen LogP contribution in [0, 0.1) is 0 Å². The van der Waals surface area contributed by atoms with E-state index < -0.39 is 0 Å². The quantitative estimate of drug-likeness (QED) is 0.597. The van der Waals surface area contributed by atoms with Crippen molar-refractivity contribution in [2.45, 2.75) is 12.6 Å². The Bertz CT molecular complexity index is 449. The molecule has 2 aromatic rings. The van der Waals surface area contributed by atoms with Crippen molar-refractivity contribution < 1.29 is 10.2 Å². The minimum atomic E-state index is -0.256. The zero-order valence-electron chi connectivity index (χ0n) is 8.98. The summed E-state index contributed by atoms with van der Waals surface area (Å²) in [5.41, 5.74) is 2.24. The fourth-order valence-electron chi connectivity index (χ4n) is 1.72. The Morgan fingerprint density at radius 3 is 2.69 bits per heavy atom. The molecule has 0 aliphatic heterocycles. The first-order valence-electron chi connectivity index (χ1n) is 5.35. The van der Waals surface area contributed by atoms with Crippen LogP contribution < -0.4 is 5.32 Å². The lowest BCUT2D eigenvalue weighted by Gasteiger charge is -2.12. The molecule has 0 spiro atoms. The molecule has 0 fully saturated rings. The van der Waals surface area contributed by atoms with E-state index in [1.807, 2.05) is 24.4 Å². The van der Waals surface area contributed by atoms with Gasteiger partial charge in [0.15, 0.2) is 0 Å². The summed E-state index contributed by atoms with van der Waals surface area (Å²) in [7, 11) is 0. The maximum atomic E-state index is 8.94. The van der Waals surface area contributed by atoms with Crippen LogP contribution in [0.2, 0.25) is 0 Å². The number of hydrogen-bond acceptors (Lipinski definition) is 3. The second-order valence-corrected chi connectivity index (χ2v) is 3.80. The van der Waals surface area contributed by atoms with Gasteiger partial charge < -0.3 is 20.5 Å². The Balaban J connectivity index is 2.09. The van der Waals surface area contributed by atoms with Gasteiger partial charge in [0.2, 0.25) is 0 Å². The standard InChI is InChI=1S/C12H16N2O2/c15-7-10(8-16)13-5-9-6-14-12-4-2-1-3-11(9)12/h1-4,6,10,13-16H,5,7-8H2. The molecule has 86 valence electrons. The Morgan fingerprint density at radius 2 is 1.94 bits per heavy atom. The number of aromatic amines is 1. The minimum Gasteiger partial charge on any atom is -0.395 e. The summed E-state index contributed by atoms with van der Waals surface area (Å²) in [5.74, 6) is 0. The summed E-state index contributed by atoms with van der Waals surface area (Å²) in [4.78, 5) is 3.18. The first-order chi connectivity index (χ1) is 7.85. The third-order valence-corrected chi connectivity index (χ3v) is 2.70. The molecule has 1 heterocycles. The molecule has 1 aromatic carbocycles. The highest BCUT2D eigenvalue weighted by Gasteiger charge is 2.07. The number of aromatic nitrogens is 1. The van der Waals surface area contributed by atoms with Crippen molar-refractivity contribution in [3.05, 3.63) is 36.0 Å². The van der Waals surface area contributed by atoms with E-state index in [0.29, 0.717) is 6.54 Å². The monoisotopic (exact) mass is 220 g/mol. The van der Waals surface area contributed by atoms with E-state index >= 15 is 0 Å². The maximum Gasteiger partial charge on any atom is 0.0607 e. The summed E-state index contributed by atoms with van der Waals surface area (Å²) < 4.78 is 0. The second kappa shape index (κ2) is 5.12. The average molecular weight is 220 g/mol. The summed E-state index contributed by atoms with van der Waals surface area (Å²) in [6.45, 7) is 0.521. The van der Waals surface area contributed by atoms with Crippen LogP contribution in [-0.2, 0) is 6.54 Å². The van der Waals surface area contributed by atoms with Crippen LogP contribution in [0.4, 0.5) is 0 Å². The van der Waals surface area contributed by atoms with Crippen LogP contribution in [-0.4, -0.2) is 34.5 Å². The highest BCUT2D eigenvalue weighted by Crippen LogP contribution is 2.17. The molecule has 0 radical (unpaired) electrons. The number of para-hydroxylation sites is 1. The van der Waals surface area contributed by atoms with Crippen LogP contribution in [0.15, 0.2) is 30.5 Å². The number of fused-ring (bicyclic) bond motifs is 1. The summed E-state index contributed by atoms with van der Waals surface area (Å²) in [6, 6.07) is 7.80. The van der Waals surface area contributed by atoms with E-state index in [1.165, 1.54) is 5.39 Å². The maximum absolute atomic E-state index is 8.94. The molecule has 0 aliphatic rings. The molecule has 4 heteroatoms. The molecule has 0 bridgehead atoms. The van der Waals surface area contributed by atoms with E-state index in [1.54, 1.807) is 0 Å². The summed E-state index contributed by atoms with van der Waals surface area (Å²) in [6.07, 6.45) is 1.95. The first kappa shape index (κ1) is 11.1. The third-order valence-electron chi connectivity index (χ3n) is 2.70. The van der Waals surface area contributed by atoms with Crippen LogP contribution >= 0.6 is 0 Å². The van der Waals surface area contributed by atoms with Crippen molar-refractivity contribution in [1.29, 1.82) is 0 Å².